The smallest absolute Gasteiger partial charge is 0.240 e. The standard InChI is InChI=1S/C22H30N2O5S2/c1-16(17-6-10-19(11-7-17)30(5,26)27)24-21(25)14-15-23-31(28,29)20-12-8-18(9-13-20)22(2,3)4/h6-13,16,23H,14-15H2,1-5H3,(H,24,25). The molecule has 1 atom stereocenters. The van der Waals surface area contributed by atoms with Crippen LogP contribution in [-0.2, 0) is 30.1 Å². The maximum absolute atomic E-state index is 12.4. The number of carbonyl (C=O) groups is 1. The summed E-state index contributed by atoms with van der Waals surface area (Å²) in [6.07, 6.45) is 1.11. The van der Waals surface area contributed by atoms with Crippen LogP contribution in [0.4, 0.5) is 0 Å². The average Bonchev–Trinajstić information content (AvgIpc) is 2.66. The van der Waals surface area contributed by atoms with Crippen molar-refractivity contribution in [3.63, 3.8) is 0 Å². The molecule has 2 aromatic rings. The lowest BCUT2D eigenvalue weighted by molar-refractivity contribution is -0.121. The number of hydrogen-bond donors (Lipinski definition) is 2. The third-order valence-electron chi connectivity index (χ3n) is 4.86. The average molecular weight is 467 g/mol. The highest BCUT2D eigenvalue weighted by Crippen LogP contribution is 2.23. The van der Waals surface area contributed by atoms with Crippen LogP contribution in [0.3, 0.4) is 0 Å². The van der Waals surface area contributed by atoms with Crippen LogP contribution in [0.15, 0.2) is 58.3 Å². The molecule has 0 radical (unpaired) electrons. The van der Waals surface area contributed by atoms with Crippen LogP contribution >= 0.6 is 0 Å². The Morgan fingerprint density at radius 3 is 1.90 bits per heavy atom. The van der Waals surface area contributed by atoms with Crippen LogP contribution in [0.5, 0.6) is 0 Å². The lowest BCUT2D eigenvalue weighted by Crippen LogP contribution is -2.32. The summed E-state index contributed by atoms with van der Waals surface area (Å²) in [6.45, 7) is 7.89. The molecule has 1 amide bonds. The fourth-order valence-corrected chi connectivity index (χ4v) is 4.58. The van der Waals surface area contributed by atoms with Crippen molar-refractivity contribution in [1.29, 1.82) is 0 Å². The summed E-state index contributed by atoms with van der Waals surface area (Å²) in [5.41, 5.74) is 1.71. The van der Waals surface area contributed by atoms with Gasteiger partial charge in [0.15, 0.2) is 9.84 Å². The number of carbonyl (C=O) groups excluding carboxylic acids is 1. The Morgan fingerprint density at radius 2 is 1.42 bits per heavy atom. The SMILES string of the molecule is CC(NC(=O)CCNS(=O)(=O)c1ccc(C(C)(C)C)cc1)c1ccc(S(C)(=O)=O)cc1. The molecule has 0 aliphatic rings. The molecule has 0 aromatic heterocycles. The Balaban J connectivity index is 1.89. The van der Waals surface area contributed by atoms with Gasteiger partial charge in [-0.05, 0) is 47.7 Å². The van der Waals surface area contributed by atoms with E-state index in [2.05, 4.69) is 30.8 Å². The van der Waals surface area contributed by atoms with Crippen LogP contribution in [-0.4, -0.2) is 35.5 Å². The summed E-state index contributed by atoms with van der Waals surface area (Å²) in [6, 6.07) is 12.6. The fourth-order valence-electron chi connectivity index (χ4n) is 2.92. The van der Waals surface area contributed by atoms with Crippen molar-refractivity contribution in [2.75, 3.05) is 12.8 Å². The molecule has 0 aliphatic carbocycles. The molecular formula is C22H30N2O5S2. The quantitative estimate of drug-likeness (QED) is 0.622. The number of nitrogens with one attached hydrogen (secondary N) is 2. The summed E-state index contributed by atoms with van der Waals surface area (Å²) in [5.74, 6) is -0.314. The van der Waals surface area contributed by atoms with E-state index < -0.39 is 19.9 Å². The number of benzene rings is 2. The van der Waals surface area contributed by atoms with Gasteiger partial charge in [0.05, 0.1) is 15.8 Å². The zero-order valence-electron chi connectivity index (χ0n) is 18.5. The molecule has 31 heavy (non-hydrogen) atoms. The normalized spacial score (nSPS) is 13.6. The number of rotatable bonds is 8. The minimum Gasteiger partial charge on any atom is -0.350 e. The van der Waals surface area contributed by atoms with Crippen molar-refractivity contribution >= 4 is 25.8 Å². The maximum Gasteiger partial charge on any atom is 0.240 e. The molecule has 0 fully saturated rings. The van der Waals surface area contributed by atoms with E-state index in [1.54, 1.807) is 43.3 Å². The van der Waals surface area contributed by atoms with Crippen molar-refractivity contribution in [1.82, 2.24) is 10.0 Å². The van der Waals surface area contributed by atoms with E-state index in [4.69, 9.17) is 0 Å². The van der Waals surface area contributed by atoms with Gasteiger partial charge in [-0.15, -0.1) is 0 Å². The second kappa shape index (κ2) is 9.50. The van der Waals surface area contributed by atoms with Gasteiger partial charge in [0.1, 0.15) is 0 Å². The van der Waals surface area contributed by atoms with Gasteiger partial charge in [-0.2, -0.15) is 0 Å². The molecule has 0 aliphatic heterocycles. The first-order chi connectivity index (χ1) is 14.2. The van der Waals surface area contributed by atoms with Gasteiger partial charge in [0.2, 0.25) is 15.9 Å². The molecule has 2 rings (SSSR count). The van der Waals surface area contributed by atoms with Crippen LogP contribution in [0.25, 0.3) is 0 Å². The monoisotopic (exact) mass is 466 g/mol. The minimum atomic E-state index is -3.70. The molecule has 0 heterocycles. The van der Waals surface area contributed by atoms with Gasteiger partial charge in [-0.25, -0.2) is 21.6 Å². The summed E-state index contributed by atoms with van der Waals surface area (Å²) < 4.78 is 50.4. The first kappa shape index (κ1) is 25.0. The third-order valence-corrected chi connectivity index (χ3v) is 7.47. The van der Waals surface area contributed by atoms with Gasteiger partial charge < -0.3 is 5.32 Å². The molecule has 1 unspecified atom stereocenters. The van der Waals surface area contributed by atoms with Gasteiger partial charge in [0.25, 0.3) is 0 Å². The molecular weight excluding hydrogens is 436 g/mol. The molecule has 0 saturated carbocycles. The van der Waals surface area contributed by atoms with Crippen molar-refractivity contribution in [2.45, 2.75) is 55.4 Å². The van der Waals surface area contributed by atoms with E-state index in [-0.39, 0.29) is 40.1 Å². The molecule has 0 bridgehead atoms. The number of amides is 1. The van der Waals surface area contributed by atoms with Gasteiger partial charge in [-0.3, -0.25) is 4.79 Å². The van der Waals surface area contributed by atoms with Crippen LogP contribution in [0.1, 0.15) is 51.3 Å². The lowest BCUT2D eigenvalue weighted by Gasteiger charge is -2.19. The highest BCUT2D eigenvalue weighted by molar-refractivity contribution is 7.90. The molecule has 170 valence electrons. The summed E-state index contributed by atoms with van der Waals surface area (Å²) in [4.78, 5) is 12.5. The predicted molar refractivity (Wildman–Crippen MR) is 121 cm³/mol. The molecule has 2 aromatic carbocycles. The van der Waals surface area contributed by atoms with Crippen molar-refractivity contribution in [3.8, 4) is 0 Å². The zero-order valence-corrected chi connectivity index (χ0v) is 20.1. The largest absolute Gasteiger partial charge is 0.350 e. The second-order valence-corrected chi connectivity index (χ2v) is 12.3. The Labute approximate surface area is 185 Å². The fraction of sp³-hybridized carbons (Fsp3) is 0.409. The molecule has 0 spiro atoms. The summed E-state index contributed by atoms with van der Waals surface area (Å²) in [5, 5.41) is 2.78. The molecule has 0 saturated heterocycles. The number of sulfone groups is 1. The van der Waals surface area contributed by atoms with E-state index >= 15 is 0 Å². The molecule has 7 nitrogen and oxygen atoms in total. The first-order valence-corrected chi connectivity index (χ1v) is 13.3. The third kappa shape index (κ3) is 7.15. The topological polar surface area (TPSA) is 109 Å². The Hall–Kier alpha value is -2.23. The Morgan fingerprint density at radius 1 is 0.903 bits per heavy atom. The van der Waals surface area contributed by atoms with Crippen LogP contribution in [0.2, 0.25) is 0 Å². The lowest BCUT2D eigenvalue weighted by atomic mass is 9.87. The Bertz CT molecular complexity index is 1120. The molecule has 2 N–H and O–H groups in total. The van der Waals surface area contributed by atoms with Crippen molar-refractivity contribution in [3.05, 3.63) is 59.7 Å². The summed E-state index contributed by atoms with van der Waals surface area (Å²) >= 11 is 0. The van der Waals surface area contributed by atoms with E-state index in [1.807, 2.05) is 0 Å². The van der Waals surface area contributed by atoms with Gasteiger partial charge >= 0.3 is 0 Å². The molecule has 9 heteroatoms. The number of hydrogen-bond acceptors (Lipinski definition) is 5. The van der Waals surface area contributed by atoms with Crippen molar-refractivity contribution in [2.24, 2.45) is 0 Å². The first-order valence-electron chi connectivity index (χ1n) is 9.90. The van der Waals surface area contributed by atoms with E-state index in [0.29, 0.717) is 0 Å². The predicted octanol–water partition coefficient (Wildman–Crippen LogP) is 2.93. The van der Waals surface area contributed by atoms with Gasteiger partial charge in [0, 0.05) is 19.2 Å². The number of sulfonamides is 1. The highest BCUT2D eigenvalue weighted by atomic mass is 32.2. The van der Waals surface area contributed by atoms with Crippen LogP contribution in [0, 0.1) is 0 Å². The highest BCUT2D eigenvalue weighted by Gasteiger charge is 2.18. The second-order valence-electron chi connectivity index (χ2n) is 8.55. The van der Waals surface area contributed by atoms with Gasteiger partial charge in [-0.1, -0.05) is 45.0 Å². The van der Waals surface area contributed by atoms with E-state index in [9.17, 15) is 21.6 Å². The van der Waals surface area contributed by atoms with Crippen molar-refractivity contribution < 1.29 is 21.6 Å². The van der Waals surface area contributed by atoms with E-state index in [1.165, 1.54) is 12.1 Å². The van der Waals surface area contributed by atoms with Crippen LogP contribution < -0.4 is 10.0 Å². The Kier molecular flexibility index (Phi) is 7.67. The van der Waals surface area contributed by atoms with E-state index in [0.717, 1.165) is 17.4 Å². The summed E-state index contributed by atoms with van der Waals surface area (Å²) in [7, 11) is -6.98. The maximum atomic E-state index is 12.4. The zero-order chi connectivity index (χ0) is 23.4. The minimum absolute atomic E-state index is 0.0228.